The van der Waals surface area contributed by atoms with Gasteiger partial charge in [-0.15, -0.1) is 6.58 Å². The van der Waals surface area contributed by atoms with Crippen LogP contribution in [0, 0.1) is 0 Å². The fourth-order valence-corrected chi connectivity index (χ4v) is 2.74. The highest BCUT2D eigenvalue weighted by Crippen LogP contribution is 2.18. The Balaban J connectivity index is 2.96. The highest BCUT2D eigenvalue weighted by atomic mass is 32.2. The highest BCUT2D eigenvalue weighted by molar-refractivity contribution is 7.91. The Morgan fingerprint density at radius 3 is 2.59 bits per heavy atom. The lowest BCUT2D eigenvalue weighted by Gasteiger charge is -2.14. The number of carbonyl (C=O) groups is 2. The quantitative estimate of drug-likeness (QED) is 0.603. The van der Waals surface area contributed by atoms with Crippen LogP contribution in [0.1, 0.15) is 24.2 Å². The molecule has 0 radical (unpaired) electrons. The number of ether oxygens (including phenoxy) is 1. The molecule has 22 heavy (non-hydrogen) atoms. The van der Waals surface area contributed by atoms with E-state index in [1.807, 2.05) is 0 Å². The largest absolute Gasteiger partial charge is 0.449 e. The summed E-state index contributed by atoms with van der Waals surface area (Å²) in [6, 6.07) is 5.77. The zero-order chi connectivity index (χ0) is 16.8. The van der Waals surface area contributed by atoms with Crippen molar-refractivity contribution in [2.75, 3.05) is 12.3 Å². The summed E-state index contributed by atoms with van der Waals surface area (Å²) in [5, 5.41) is 2.49. The van der Waals surface area contributed by atoms with Crippen LogP contribution in [-0.4, -0.2) is 38.7 Å². The van der Waals surface area contributed by atoms with Gasteiger partial charge in [-0.25, -0.2) is 13.2 Å². The number of benzene rings is 1. The predicted octanol–water partition coefficient (Wildman–Crippen LogP) is 1.33. The maximum absolute atomic E-state index is 12.1. The van der Waals surface area contributed by atoms with E-state index in [1.165, 1.54) is 44.2 Å². The number of carbonyl (C=O) groups excluding carboxylic acids is 2. The van der Waals surface area contributed by atoms with E-state index in [2.05, 4.69) is 11.9 Å². The third-order valence-corrected chi connectivity index (χ3v) is 4.68. The Bertz CT molecular complexity index is 666. The summed E-state index contributed by atoms with van der Waals surface area (Å²) < 4.78 is 29.0. The third-order valence-electron chi connectivity index (χ3n) is 2.90. The molecule has 0 aliphatic heterocycles. The Labute approximate surface area is 130 Å². The molecule has 1 atom stereocenters. The number of esters is 1. The van der Waals surface area contributed by atoms with Crippen LogP contribution in [0.4, 0.5) is 0 Å². The second-order valence-corrected chi connectivity index (χ2v) is 6.73. The van der Waals surface area contributed by atoms with Crippen LogP contribution in [0.5, 0.6) is 0 Å². The zero-order valence-electron chi connectivity index (χ0n) is 12.5. The minimum atomic E-state index is -3.56. The van der Waals surface area contributed by atoms with E-state index < -0.39 is 27.8 Å². The first-order valence-corrected chi connectivity index (χ1v) is 8.40. The fourth-order valence-electron chi connectivity index (χ4n) is 1.66. The number of hydrogen-bond acceptors (Lipinski definition) is 5. The van der Waals surface area contributed by atoms with Crippen LogP contribution in [-0.2, 0) is 19.4 Å². The van der Waals surface area contributed by atoms with Crippen molar-refractivity contribution >= 4 is 21.7 Å². The molecule has 1 aromatic rings. The molecular weight excluding hydrogens is 306 g/mol. The monoisotopic (exact) mass is 325 g/mol. The molecule has 0 fully saturated rings. The first kappa shape index (κ1) is 17.9. The maximum Gasteiger partial charge on any atom is 0.340 e. The number of nitrogens with one attached hydrogen (secondary N) is 1. The highest BCUT2D eigenvalue weighted by Gasteiger charge is 2.24. The van der Waals surface area contributed by atoms with Gasteiger partial charge in [0.1, 0.15) is 0 Å². The molecule has 0 saturated heterocycles. The van der Waals surface area contributed by atoms with E-state index in [0.29, 0.717) is 0 Å². The summed E-state index contributed by atoms with van der Waals surface area (Å²) >= 11 is 0. The molecule has 1 amide bonds. The molecule has 0 aliphatic rings. The van der Waals surface area contributed by atoms with Gasteiger partial charge in [-0.05, 0) is 19.1 Å². The van der Waals surface area contributed by atoms with Crippen LogP contribution in [0.3, 0.4) is 0 Å². The topological polar surface area (TPSA) is 89.5 Å². The van der Waals surface area contributed by atoms with E-state index in [4.69, 9.17) is 4.74 Å². The second kappa shape index (κ2) is 7.74. The Morgan fingerprint density at radius 1 is 1.36 bits per heavy atom. The minimum absolute atomic E-state index is 0.0762. The van der Waals surface area contributed by atoms with Gasteiger partial charge in [0.25, 0.3) is 5.91 Å². The van der Waals surface area contributed by atoms with E-state index in [-0.39, 0.29) is 22.8 Å². The van der Waals surface area contributed by atoms with Crippen molar-refractivity contribution < 1.29 is 22.7 Å². The summed E-state index contributed by atoms with van der Waals surface area (Å²) in [6.07, 6.45) is 0.458. The van der Waals surface area contributed by atoms with Gasteiger partial charge in [-0.2, -0.15) is 0 Å². The molecule has 0 aromatic heterocycles. The number of rotatable bonds is 7. The normalized spacial score (nSPS) is 12.3. The fraction of sp³-hybridized carbons (Fsp3) is 0.333. The zero-order valence-corrected chi connectivity index (χ0v) is 13.4. The van der Waals surface area contributed by atoms with Gasteiger partial charge in [0.2, 0.25) is 0 Å². The molecule has 7 heteroatoms. The molecule has 1 rings (SSSR count). The lowest BCUT2D eigenvalue weighted by Crippen LogP contribution is -2.36. The van der Waals surface area contributed by atoms with Gasteiger partial charge in [-0.3, -0.25) is 4.79 Å². The van der Waals surface area contributed by atoms with Gasteiger partial charge in [0.15, 0.2) is 15.9 Å². The van der Waals surface area contributed by atoms with Gasteiger partial charge in [-0.1, -0.05) is 25.1 Å². The van der Waals surface area contributed by atoms with Crippen LogP contribution in [0.2, 0.25) is 0 Å². The molecule has 1 N–H and O–H groups in total. The molecular formula is C15H19NO5S. The van der Waals surface area contributed by atoms with E-state index >= 15 is 0 Å². The van der Waals surface area contributed by atoms with Crippen LogP contribution < -0.4 is 5.32 Å². The summed E-state index contributed by atoms with van der Waals surface area (Å²) in [5.41, 5.74) is -0.0762. The first-order chi connectivity index (χ1) is 10.3. The summed E-state index contributed by atoms with van der Waals surface area (Å²) in [6.45, 7) is 6.61. The van der Waals surface area contributed by atoms with Gasteiger partial charge in [0, 0.05) is 6.54 Å². The van der Waals surface area contributed by atoms with Crippen molar-refractivity contribution in [3.05, 3.63) is 42.5 Å². The third kappa shape index (κ3) is 4.42. The summed E-state index contributed by atoms with van der Waals surface area (Å²) in [4.78, 5) is 23.7. The van der Waals surface area contributed by atoms with E-state index in [0.717, 1.165) is 0 Å². The average molecular weight is 325 g/mol. The van der Waals surface area contributed by atoms with Crippen LogP contribution >= 0.6 is 0 Å². The van der Waals surface area contributed by atoms with Crippen molar-refractivity contribution in [3.8, 4) is 0 Å². The maximum atomic E-state index is 12.1. The van der Waals surface area contributed by atoms with Crippen molar-refractivity contribution in [1.29, 1.82) is 0 Å². The van der Waals surface area contributed by atoms with E-state index in [9.17, 15) is 18.0 Å². The van der Waals surface area contributed by atoms with Gasteiger partial charge < -0.3 is 10.1 Å². The van der Waals surface area contributed by atoms with Crippen molar-refractivity contribution in [2.24, 2.45) is 0 Å². The lowest BCUT2D eigenvalue weighted by atomic mass is 10.2. The average Bonchev–Trinajstić information content (AvgIpc) is 2.52. The van der Waals surface area contributed by atoms with Gasteiger partial charge in [0.05, 0.1) is 16.2 Å². The van der Waals surface area contributed by atoms with Gasteiger partial charge >= 0.3 is 5.97 Å². The van der Waals surface area contributed by atoms with Crippen molar-refractivity contribution in [3.63, 3.8) is 0 Å². The number of amides is 1. The molecule has 0 unspecified atom stereocenters. The molecule has 0 spiro atoms. The summed E-state index contributed by atoms with van der Waals surface area (Å²) in [7, 11) is -3.56. The first-order valence-electron chi connectivity index (χ1n) is 6.74. The molecule has 1 aromatic carbocycles. The lowest BCUT2D eigenvalue weighted by molar-refractivity contribution is -0.128. The SMILES string of the molecule is C=CCNC(=O)[C@@H](C)OC(=O)c1ccccc1S(=O)(=O)CC. The predicted molar refractivity (Wildman–Crippen MR) is 82.3 cm³/mol. The summed E-state index contributed by atoms with van der Waals surface area (Å²) in [5.74, 6) is -1.47. The second-order valence-electron chi connectivity index (χ2n) is 4.48. The van der Waals surface area contributed by atoms with E-state index in [1.54, 1.807) is 0 Å². The molecule has 0 saturated carbocycles. The van der Waals surface area contributed by atoms with Crippen LogP contribution in [0.25, 0.3) is 0 Å². The minimum Gasteiger partial charge on any atom is -0.449 e. The molecule has 6 nitrogen and oxygen atoms in total. The molecule has 0 heterocycles. The number of sulfone groups is 1. The smallest absolute Gasteiger partial charge is 0.340 e. The standard InChI is InChI=1S/C15H19NO5S/c1-4-10-16-14(17)11(3)21-15(18)12-8-6-7-9-13(12)22(19,20)5-2/h4,6-9,11H,1,5,10H2,2-3H3,(H,16,17)/t11-/m1/s1. The Kier molecular flexibility index (Phi) is 6.30. The molecule has 0 bridgehead atoms. The Morgan fingerprint density at radius 2 is 2.00 bits per heavy atom. The van der Waals surface area contributed by atoms with Crippen molar-refractivity contribution in [1.82, 2.24) is 5.32 Å². The van der Waals surface area contributed by atoms with Crippen LogP contribution in [0.15, 0.2) is 41.8 Å². The van der Waals surface area contributed by atoms with Crippen molar-refractivity contribution in [2.45, 2.75) is 24.8 Å². The molecule has 120 valence electrons. The molecule has 0 aliphatic carbocycles. The Hall–Kier alpha value is -2.15. The number of hydrogen-bond donors (Lipinski definition) is 1.